The standard InChI is InChI=1S/C8H12N2O4/c1-2-10-7(13)5(9-8(10)14)3-4-6(11)12/h5H,2-4H2,1H3,(H,9,14)(H,11,12)/t5-/m0/s1. The van der Waals surface area contributed by atoms with Gasteiger partial charge in [0, 0.05) is 13.0 Å². The number of likely N-dealkylation sites (N-methyl/N-ethyl adjacent to an activating group) is 1. The number of carboxylic acid groups (broad SMARTS) is 1. The normalized spacial score (nSPS) is 21.2. The van der Waals surface area contributed by atoms with Crippen molar-refractivity contribution >= 4 is 17.9 Å². The van der Waals surface area contributed by atoms with Crippen LogP contribution < -0.4 is 5.32 Å². The number of carbonyl (C=O) groups is 3. The first kappa shape index (κ1) is 10.5. The molecule has 0 radical (unpaired) electrons. The Morgan fingerprint density at radius 2 is 2.21 bits per heavy atom. The predicted molar refractivity (Wildman–Crippen MR) is 46.6 cm³/mol. The van der Waals surface area contributed by atoms with Gasteiger partial charge in [0.1, 0.15) is 6.04 Å². The number of nitrogens with zero attached hydrogens (tertiary/aromatic N) is 1. The number of hydrogen-bond acceptors (Lipinski definition) is 3. The Balaban J connectivity index is 2.53. The van der Waals surface area contributed by atoms with E-state index < -0.39 is 18.0 Å². The van der Waals surface area contributed by atoms with Crippen molar-refractivity contribution in [3.8, 4) is 0 Å². The lowest BCUT2D eigenvalue weighted by Crippen LogP contribution is -2.31. The highest BCUT2D eigenvalue weighted by atomic mass is 16.4. The van der Waals surface area contributed by atoms with E-state index in [9.17, 15) is 14.4 Å². The second kappa shape index (κ2) is 4.08. The van der Waals surface area contributed by atoms with Crippen LogP contribution in [0.3, 0.4) is 0 Å². The van der Waals surface area contributed by atoms with Gasteiger partial charge < -0.3 is 10.4 Å². The van der Waals surface area contributed by atoms with Crippen LogP contribution in [0.25, 0.3) is 0 Å². The van der Waals surface area contributed by atoms with Gasteiger partial charge in [-0.1, -0.05) is 0 Å². The molecule has 6 heteroatoms. The molecule has 0 saturated carbocycles. The summed E-state index contributed by atoms with van der Waals surface area (Å²) in [6.07, 6.45) is 0.0324. The van der Waals surface area contributed by atoms with Crippen LogP contribution in [-0.4, -0.2) is 40.5 Å². The summed E-state index contributed by atoms with van der Waals surface area (Å²) >= 11 is 0. The van der Waals surface area contributed by atoms with E-state index in [1.54, 1.807) is 6.92 Å². The zero-order chi connectivity index (χ0) is 10.7. The third-order valence-electron chi connectivity index (χ3n) is 2.07. The Bertz CT molecular complexity index is 277. The van der Waals surface area contributed by atoms with Crippen LogP contribution in [0.15, 0.2) is 0 Å². The summed E-state index contributed by atoms with van der Waals surface area (Å²) in [7, 11) is 0. The predicted octanol–water partition coefficient (Wildman–Crippen LogP) is -0.209. The maximum atomic E-state index is 11.4. The molecule has 78 valence electrons. The summed E-state index contributed by atoms with van der Waals surface area (Å²) in [5, 5.41) is 10.8. The number of amides is 3. The average molecular weight is 200 g/mol. The second-order valence-corrected chi connectivity index (χ2v) is 3.02. The van der Waals surface area contributed by atoms with Crippen LogP contribution in [0.4, 0.5) is 4.79 Å². The first-order valence-corrected chi connectivity index (χ1v) is 4.40. The molecular weight excluding hydrogens is 188 g/mol. The van der Waals surface area contributed by atoms with E-state index in [1.165, 1.54) is 0 Å². The number of imide groups is 1. The molecule has 14 heavy (non-hydrogen) atoms. The number of nitrogens with one attached hydrogen (secondary N) is 1. The Morgan fingerprint density at radius 3 is 2.64 bits per heavy atom. The van der Waals surface area contributed by atoms with Gasteiger partial charge in [0.15, 0.2) is 0 Å². The van der Waals surface area contributed by atoms with Gasteiger partial charge in [0.05, 0.1) is 0 Å². The van der Waals surface area contributed by atoms with Crippen molar-refractivity contribution in [3.05, 3.63) is 0 Å². The van der Waals surface area contributed by atoms with Crippen molar-refractivity contribution < 1.29 is 19.5 Å². The Hall–Kier alpha value is -1.59. The molecule has 2 N–H and O–H groups in total. The maximum Gasteiger partial charge on any atom is 0.324 e. The van der Waals surface area contributed by atoms with Crippen LogP contribution in [0.2, 0.25) is 0 Å². The van der Waals surface area contributed by atoms with Crippen molar-refractivity contribution in [3.63, 3.8) is 0 Å². The topological polar surface area (TPSA) is 86.7 Å². The van der Waals surface area contributed by atoms with Crippen LogP contribution in [0, 0.1) is 0 Å². The smallest absolute Gasteiger partial charge is 0.324 e. The minimum Gasteiger partial charge on any atom is -0.481 e. The first-order chi connectivity index (χ1) is 6.56. The number of hydrogen-bond donors (Lipinski definition) is 2. The molecule has 0 aliphatic carbocycles. The number of urea groups is 1. The van der Waals surface area contributed by atoms with Gasteiger partial charge >= 0.3 is 12.0 Å². The highest BCUT2D eigenvalue weighted by molar-refractivity contribution is 6.04. The molecule has 1 atom stereocenters. The number of carboxylic acids is 1. The lowest BCUT2D eigenvalue weighted by molar-refractivity contribution is -0.137. The van der Waals surface area contributed by atoms with E-state index >= 15 is 0 Å². The molecule has 1 aliphatic rings. The SMILES string of the molecule is CCN1C(=O)N[C@@H](CCC(=O)O)C1=O. The van der Waals surface area contributed by atoms with Gasteiger partial charge in [0.2, 0.25) is 0 Å². The lowest BCUT2D eigenvalue weighted by atomic mass is 10.1. The maximum absolute atomic E-state index is 11.4. The van der Waals surface area contributed by atoms with E-state index in [4.69, 9.17) is 5.11 Å². The van der Waals surface area contributed by atoms with Crippen molar-refractivity contribution in [1.82, 2.24) is 10.2 Å². The fraction of sp³-hybridized carbons (Fsp3) is 0.625. The number of carbonyl (C=O) groups excluding carboxylic acids is 2. The molecule has 0 aromatic heterocycles. The molecule has 0 aromatic rings. The summed E-state index contributed by atoms with van der Waals surface area (Å²) < 4.78 is 0. The van der Waals surface area contributed by atoms with E-state index in [1.807, 2.05) is 0 Å². The minimum absolute atomic E-state index is 0.117. The summed E-state index contributed by atoms with van der Waals surface area (Å²) in [5.41, 5.74) is 0. The van der Waals surface area contributed by atoms with Crippen LogP contribution >= 0.6 is 0 Å². The van der Waals surface area contributed by atoms with E-state index in [0.717, 1.165) is 4.90 Å². The van der Waals surface area contributed by atoms with Crippen molar-refractivity contribution in [2.45, 2.75) is 25.8 Å². The summed E-state index contributed by atoms with van der Waals surface area (Å²) in [6, 6.07) is -1.11. The molecular formula is C8H12N2O4. The van der Waals surface area contributed by atoms with Crippen LogP contribution in [0.5, 0.6) is 0 Å². The Kier molecular flexibility index (Phi) is 3.06. The number of aliphatic carboxylic acids is 1. The summed E-state index contributed by atoms with van der Waals surface area (Å²) in [5.74, 6) is -1.30. The Labute approximate surface area is 80.9 Å². The van der Waals surface area contributed by atoms with Crippen LogP contribution in [-0.2, 0) is 9.59 Å². The monoisotopic (exact) mass is 200 g/mol. The fourth-order valence-electron chi connectivity index (χ4n) is 1.34. The van der Waals surface area contributed by atoms with Gasteiger partial charge in [-0.25, -0.2) is 4.79 Å². The number of rotatable bonds is 4. The third-order valence-corrected chi connectivity index (χ3v) is 2.07. The zero-order valence-corrected chi connectivity index (χ0v) is 7.82. The molecule has 1 saturated heterocycles. The van der Waals surface area contributed by atoms with E-state index in [0.29, 0.717) is 6.54 Å². The highest BCUT2D eigenvalue weighted by Gasteiger charge is 2.36. The summed E-state index contributed by atoms with van der Waals surface area (Å²) in [4.78, 5) is 33.9. The quantitative estimate of drug-likeness (QED) is 0.615. The molecule has 6 nitrogen and oxygen atoms in total. The molecule has 1 aliphatic heterocycles. The van der Waals surface area contributed by atoms with E-state index in [-0.39, 0.29) is 18.7 Å². The van der Waals surface area contributed by atoms with Gasteiger partial charge in [0.25, 0.3) is 5.91 Å². The third kappa shape index (κ3) is 2.01. The second-order valence-electron chi connectivity index (χ2n) is 3.02. The highest BCUT2D eigenvalue weighted by Crippen LogP contribution is 2.10. The molecule has 1 heterocycles. The molecule has 0 unspecified atom stereocenters. The minimum atomic E-state index is -0.970. The van der Waals surface area contributed by atoms with Crippen LogP contribution in [0.1, 0.15) is 19.8 Å². The largest absolute Gasteiger partial charge is 0.481 e. The van der Waals surface area contributed by atoms with Gasteiger partial charge in [-0.05, 0) is 13.3 Å². The van der Waals surface area contributed by atoms with E-state index in [2.05, 4.69) is 5.32 Å². The first-order valence-electron chi connectivity index (χ1n) is 4.40. The Morgan fingerprint density at radius 1 is 1.57 bits per heavy atom. The fourth-order valence-corrected chi connectivity index (χ4v) is 1.34. The van der Waals surface area contributed by atoms with Crippen molar-refractivity contribution in [1.29, 1.82) is 0 Å². The molecule has 3 amide bonds. The molecule has 0 aromatic carbocycles. The van der Waals surface area contributed by atoms with Crippen molar-refractivity contribution in [2.24, 2.45) is 0 Å². The molecule has 1 fully saturated rings. The average Bonchev–Trinajstić information content (AvgIpc) is 2.38. The zero-order valence-electron chi connectivity index (χ0n) is 7.82. The molecule has 0 spiro atoms. The molecule has 1 rings (SSSR count). The molecule has 0 bridgehead atoms. The van der Waals surface area contributed by atoms with Gasteiger partial charge in [-0.2, -0.15) is 0 Å². The summed E-state index contributed by atoms with van der Waals surface area (Å²) in [6.45, 7) is 2.01. The van der Waals surface area contributed by atoms with Gasteiger partial charge in [-0.3, -0.25) is 14.5 Å². The lowest BCUT2D eigenvalue weighted by Gasteiger charge is -2.08. The van der Waals surface area contributed by atoms with Crippen molar-refractivity contribution in [2.75, 3.05) is 6.54 Å². The van der Waals surface area contributed by atoms with Gasteiger partial charge in [-0.15, -0.1) is 0 Å².